The molecule has 2 rings (SSSR count). The van der Waals surface area contributed by atoms with Crippen molar-refractivity contribution in [2.24, 2.45) is 0 Å². The van der Waals surface area contributed by atoms with Crippen molar-refractivity contribution < 1.29 is 8.42 Å². The first-order valence-corrected chi connectivity index (χ1v) is 10.2. The van der Waals surface area contributed by atoms with E-state index < -0.39 is 10.0 Å². The Morgan fingerprint density at radius 2 is 2.10 bits per heavy atom. The lowest BCUT2D eigenvalue weighted by molar-refractivity contribution is 0.415. The van der Waals surface area contributed by atoms with Crippen LogP contribution in [0, 0.1) is 13.8 Å². The summed E-state index contributed by atoms with van der Waals surface area (Å²) in [5, 5.41) is 0.395. The molecule has 1 aliphatic heterocycles. The van der Waals surface area contributed by atoms with Crippen LogP contribution in [0.25, 0.3) is 0 Å². The molecule has 0 saturated carbocycles. The van der Waals surface area contributed by atoms with Crippen molar-refractivity contribution in [2.45, 2.75) is 43.2 Å². The first-order valence-electron chi connectivity index (χ1n) is 7.18. The molecular weight excluding hydrogens is 326 g/mol. The fourth-order valence-corrected chi connectivity index (χ4v) is 5.92. The summed E-state index contributed by atoms with van der Waals surface area (Å²) in [4.78, 5) is 0.417. The molecule has 6 heteroatoms. The van der Waals surface area contributed by atoms with Gasteiger partial charge >= 0.3 is 0 Å². The fraction of sp³-hybridized carbons (Fsp3) is 0.600. The minimum absolute atomic E-state index is 0.330. The van der Waals surface area contributed by atoms with Crippen molar-refractivity contribution in [1.29, 1.82) is 0 Å². The average Bonchev–Trinajstić information content (AvgIpc) is 2.49. The van der Waals surface area contributed by atoms with E-state index in [1.54, 1.807) is 10.4 Å². The van der Waals surface area contributed by atoms with Crippen molar-refractivity contribution >= 4 is 33.4 Å². The zero-order valence-electron chi connectivity index (χ0n) is 12.7. The molecule has 1 aliphatic rings. The van der Waals surface area contributed by atoms with Crippen LogP contribution in [0.3, 0.4) is 0 Å². The molecule has 1 aromatic rings. The van der Waals surface area contributed by atoms with E-state index in [1.807, 2.05) is 31.7 Å². The Bertz CT molecular complexity index is 616. The SMILES string of the molecule is CCC1CN(S(=O)(=O)c2cc(CCl)cc(C)c2C)CCS1. The number of nitrogens with zero attached hydrogens (tertiary/aromatic N) is 1. The van der Waals surface area contributed by atoms with E-state index >= 15 is 0 Å². The van der Waals surface area contributed by atoms with Gasteiger partial charge in [-0.2, -0.15) is 16.1 Å². The van der Waals surface area contributed by atoms with Crippen LogP contribution in [0.2, 0.25) is 0 Å². The number of benzene rings is 1. The number of hydrogen-bond donors (Lipinski definition) is 0. The molecule has 1 heterocycles. The molecule has 0 aliphatic carbocycles. The number of alkyl halides is 1. The molecule has 0 aromatic heterocycles. The lowest BCUT2D eigenvalue weighted by Crippen LogP contribution is -2.41. The summed E-state index contributed by atoms with van der Waals surface area (Å²) < 4.78 is 27.6. The van der Waals surface area contributed by atoms with Gasteiger partial charge in [0.1, 0.15) is 0 Å². The monoisotopic (exact) mass is 347 g/mol. The van der Waals surface area contributed by atoms with E-state index in [9.17, 15) is 8.42 Å². The lowest BCUT2D eigenvalue weighted by Gasteiger charge is -2.31. The predicted octanol–water partition coefficient (Wildman–Crippen LogP) is 3.56. The summed E-state index contributed by atoms with van der Waals surface area (Å²) in [6.07, 6.45) is 0.996. The van der Waals surface area contributed by atoms with E-state index in [0.717, 1.165) is 28.9 Å². The number of sulfonamides is 1. The summed E-state index contributed by atoms with van der Waals surface area (Å²) in [6, 6.07) is 3.69. The Hall–Kier alpha value is -0.230. The molecule has 0 amide bonds. The van der Waals surface area contributed by atoms with Gasteiger partial charge in [0.05, 0.1) is 4.90 Å². The topological polar surface area (TPSA) is 37.4 Å². The smallest absolute Gasteiger partial charge is 0.207 e. The zero-order chi connectivity index (χ0) is 15.6. The van der Waals surface area contributed by atoms with Crippen molar-refractivity contribution in [3.8, 4) is 0 Å². The van der Waals surface area contributed by atoms with Crippen LogP contribution < -0.4 is 0 Å². The normalized spacial score (nSPS) is 20.7. The second-order valence-corrected chi connectivity index (χ2v) is 9.02. The van der Waals surface area contributed by atoms with Crippen molar-refractivity contribution in [2.75, 3.05) is 18.8 Å². The number of aryl methyl sites for hydroxylation is 1. The Labute approximate surface area is 137 Å². The minimum atomic E-state index is -3.43. The largest absolute Gasteiger partial charge is 0.243 e. The van der Waals surface area contributed by atoms with Crippen LogP contribution in [0.4, 0.5) is 0 Å². The molecule has 0 spiro atoms. The second-order valence-electron chi connectivity index (χ2n) is 5.43. The third-order valence-corrected chi connectivity index (χ3v) is 7.68. The molecule has 1 fully saturated rings. The standard InChI is InChI=1S/C15H22ClNO2S2/c1-4-14-10-17(5-6-20-14)21(18,19)15-8-13(9-16)7-11(2)12(15)3/h7-8,14H,4-6,9-10H2,1-3H3. The Balaban J connectivity index is 2.41. The maximum absolute atomic E-state index is 13.0. The van der Waals surface area contributed by atoms with Crippen molar-refractivity contribution in [1.82, 2.24) is 4.31 Å². The van der Waals surface area contributed by atoms with Gasteiger partial charge in [0.25, 0.3) is 0 Å². The summed E-state index contributed by atoms with van der Waals surface area (Å²) in [7, 11) is -3.43. The third kappa shape index (κ3) is 3.58. The Morgan fingerprint density at radius 1 is 1.38 bits per heavy atom. The van der Waals surface area contributed by atoms with Gasteiger partial charge in [-0.3, -0.25) is 0 Å². The first kappa shape index (κ1) is 17.1. The molecular formula is C15H22ClNO2S2. The highest BCUT2D eigenvalue weighted by Gasteiger charge is 2.31. The Kier molecular flexibility index (Phi) is 5.63. The molecule has 21 heavy (non-hydrogen) atoms. The summed E-state index contributed by atoms with van der Waals surface area (Å²) in [5.74, 6) is 1.20. The van der Waals surface area contributed by atoms with Crippen LogP contribution in [-0.4, -0.2) is 36.8 Å². The van der Waals surface area contributed by atoms with E-state index in [1.165, 1.54) is 0 Å². The van der Waals surface area contributed by atoms with Gasteiger partial charge in [0.15, 0.2) is 0 Å². The van der Waals surface area contributed by atoms with Gasteiger partial charge in [-0.15, -0.1) is 11.6 Å². The number of hydrogen-bond acceptors (Lipinski definition) is 3. The van der Waals surface area contributed by atoms with E-state index in [2.05, 4.69) is 6.92 Å². The number of thioether (sulfide) groups is 1. The summed E-state index contributed by atoms with van der Waals surface area (Å²) in [5.41, 5.74) is 2.66. The Morgan fingerprint density at radius 3 is 2.71 bits per heavy atom. The highest BCUT2D eigenvalue weighted by molar-refractivity contribution is 8.00. The fourth-order valence-electron chi connectivity index (χ4n) is 2.54. The van der Waals surface area contributed by atoms with Crippen molar-refractivity contribution in [3.05, 3.63) is 28.8 Å². The summed E-state index contributed by atoms with van der Waals surface area (Å²) in [6.45, 7) is 7.11. The van der Waals surface area contributed by atoms with Crippen LogP contribution in [0.1, 0.15) is 30.0 Å². The molecule has 0 radical (unpaired) electrons. The molecule has 1 unspecified atom stereocenters. The quantitative estimate of drug-likeness (QED) is 0.781. The lowest BCUT2D eigenvalue weighted by atomic mass is 10.1. The first-order chi connectivity index (χ1) is 9.90. The number of halogens is 1. The molecule has 118 valence electrons. The van der Waals surface area contributed by atoms with Crippen LogP contribution in [0.15, 0.2) is 17.0 Å². The van der Waals surface area contributed by atoms with Crippen molar-refractivity contribution in [3.63, 3.8) is 0 Å². The van der Waals surface area contributed by atoms with Gasteiger partial charge < -0.3 is 0 Å². The molecule has 0 N–H and O–H groups in total. The van der Waals surface area contributed by atoms with E-state index in [-0.39, 0.29) is 0 Å². The molecule has 0 bridgehead atoms. The van der Waals surface area contributed by atoms with Gasteiger partial charge in [-0.25, -0.2) is 8.42 Å². The third-order valence-electron chi connectivity index (χ3n) is 4.01. The molecule has 1 aromatic carbocycles. The summed E-state index contributed by atoms with van der Waals surface area (Å²) >= 11 is 7.76. The van der Waals surface area contributed by atoms with Gasteiger partial charge in [0, 0.05) is 30.0 Å². The zero-order valence-corrected chi connectivity index (χ0v) is 15.1. The van der Waals surface area contributed by atoms with E-state index in [4.69, 9.17) is 11.6 Å². The van der Waals surface area contributed by atoms with Crippen LogP contribution in [-0.2, 0) is 15.9 Å². The molecule has 1 saturated heterocycles. The number of rotatable bonds is 4. The van der Waals surface area contributed by atoms with E-state index in [0.29, 0.717) is 29.1 Å². The van der Waals surface area contributed by atoms with Crippen LogP contribution in [0.5, 0.6) is 0 Å². The molecule has 1 atom stereocenters. The minimum Gasteiger partial charge on any atom is -0.207 e. The van der Waals surface area contributed by atoms with Gasteiger partial charge in [0.2, 0.25) is 10.0 Å². The maximum Gasteiger partial charge on any atom is 0.243 e. The highest BCUT2D eigenvalue weighted by atomic mass is 35.5. The highest BCUT2D eigenvalue weighted by Crippen LogP contribution is 2.29. The average molecular weight is 348 g/mol. The molecule has 3 nitrogen and oxygen atoms in total. The van der Waals surface area contributed by atoms with Gasteiger partial charge in [-0.1, -0.05) is 13.0 Å². The maximum atomic E-state index is 13.0. The second kappa shape index (κ2) is 6.90. The predicted molar refractivity (Wildman–Crippen MR) is 90.8 cm³/mol. The van der Waals surface area contributed by atoms with Crippen LogP contribution >= 0.6 is 23.4 Å². The van der Waals surface area contributed by atoms with Gasteiger partial charge in [-0.05, 0) is 43.0 Å².